The summed E-state index contributed by atoms with van der Waals surface area (Å²) in [5.41, 5.74) is 14.3. The Morgan fingerprint density at radius 3 is 2.40 bits per heavy atom. The first-order valence-corrected chi connectivity index (χ1v) is 16.6. The monoisotopic (exact) mass is 565 g/mol. The number of allylic oxidation sites excluding steroid dienone is 3. The molecule has 1 aliphatic heterocycles. The number of thioether (sulfide) groups is 1. The third kappa shape index (κ3) is 4.06. The van der Waals surface area contributed by atoms with Crippen molar-refractivity contribution in [3.05, 3.63) is 137 Å². The van der Waals surface area contributed by atoms with Crippen molar-refractivity contribution in [1.82, 2.24) is 0 Å². The molecule has 1 nitrogen and oxygen atoms in total. The molecule has 0 spiro atoms. The van der Waals surface area contributed by atoms with Crippen LogP contribution in [0, 0.1) is 12.8 Å². The third-order valence-electron chi connectivity index (χ3n) is 10.4. The maximum absolute atomic E-state index is 2.62. The van der Waals surface area contributed by atoms with Gasteiger partial charge in [0.1, 0.15) is 0 Å². The van der Waals surface area contributed by atoms with Crippen LogP contribution in [0.15, 0.2) is 119 Å². The first-order valence-electron chi connectivity index (χ1n) is 15.8. The van der Waals surface area contributed by atoms with Crippen LogP contribution in [0.25, 0.3) is 11.1 Å². The lowest BCUT2D eigenvalue weighted by molar-refractivity contribution is 0.483. The van der Waals surface area contributed by atoms with E-state index in [1.807, 2.05) is 0 Å². The van der Waals surface area contributed by atoms with Crippen molar-refractivity contribution in [2.75, 3.05) is 4.90 Å². The first-order chi connectivity index (χ1) is 20.5. The molecule has 0 amide bonds. The number of rotatable bonds is 4. The summed E-state index contributed by atoms with van der Waals surface area (Å²) in [5.74, 6) is 1.33. The average molecular weight is 566 g/mol. The Morgan fingerprint density at radius 2 is 1.57 bits per heavy atom. The van der Waals surface area contributed by atoms with Gasteiger partial charge in [-0.25, -0.2) is 0 Å². The zero-order valence-electron chi connectivity index (χ0n) is 24.9. The van der Waals surface area contributed by atoms with Gasteiger partial charge in [-0.15, -0.1) is 11.8 Å². The third-order valence-corrected chi connectivity index (χ3v) is 11.9. The predicted molar refractivity (Wildman–Crippen MR) is 179 cm³/mol. The molecule has 0 fully saturated rings. The molecule has 0 N–H and O–H groups in total. The van der Waals surface area contributed by atoms with E-state index in [2.05, 4.69) is 141 Å². The van der Waals surface area contributed by atoms with Crippen LogP contribution in [0.2, 0.25) is 0 Å². The van der Waals surface area contributed by atoms with Crippen LogP contribution < -0.4 is 4.90 Å². The molecule has 0 saturated carbocycles. The molecule has 0 saturated heterocycles. The molecular weight excluding hydrogens is 527 g/mol. The number of aryl methyl sites for hydroxylation is 1. The Kier molecular flexibility index (Phi) is 6.26. The van der Waals surface area contributed by atoms with E-state index in [0.29, 0.717) is 17.1 Å². The summed E-state index contributed by atoms with van der Waals surface area (Å²) < 4.78 is 0. The lowest BCUT2D eigenvalue weighted by Gasteiger charge is -2.37. The SMILES string of the molecule is Cc1ccc(N(C2=CCC(C3=CCCC4c5ccccc5SC34)CC2)c2cccc3c2-c2ccccc2C3(C)C)cc1. The highest BCUT2D eigenvalue weighted by atomic mass is 32.2. The van der Waals surface area contributed by atoms with Crippen LogP contribution >= 0.6 is 11.8 Å². The van der Waals surface area contributed by atoms with Crippen molar-refractivity contribution >= 4 is 23.1 Å². The average Bonchev–Trinajstić information content (AvgIpc) is 3.52. The summed E-state index contributed by atoms with van der Waals surface area (Å²) in [4.78, 5) is 4.10. The predicted octanol–water partition coefficient (Wildman–Crippen LogP) is 11.1. The van der Waals surface area contributed by atoms with E-state index in [1.54, 1.807) is 11.1 Å². The highest BCUT2D eigenvalue weighted by molar-refractivity contribution is 8.00. The van der Waals surface area contributed by atoms with Crippen molar-refractivity contribution in [3.8, 4) is 11.1 Å². The van der Waals surface area contributed by atoms with Gasteiger partial charge in [0.2, 0.25) is 0 Å². The van der Waals surface area contributed by atoms with Crippen LogP contribution in [0.5, 0.6) is 0 Å². The van der Waals surface area contributed by atoms with Gasteiger partial charge < -0.3 is 4.90 Å². The van der Waals surface area contributed by atoms with Gasteiger partial charge in [0.15, 0.2) is 0 Å². The molecule has 4 aromatic rings. The fourth-order valence-corrected chi connectivity index (χ4v) is 9.89. The Balaban J connectivity index is 1.17. The molecule has 3 aliphatic carbocycles. The van der Waals surface area contributed by atoms with Crippen molar-refractivity contribution in [2.24, 2.45) is 5.92 Å². The second-order valence-corrected chi connectivity index (χ2v) is 14.4. The lowest BCUT2D eigenvalue weighted by atomic mass is 9.75. The summed E-state index contributed by atoms with van der Waals surface area (Å²) in [7, 11) is 0. The molecule has 4 aliphatic rings. The fraction of sp³-hybridized carbons (Fsp3) is 0.300. The van der Waals surface area contributed by atoms with E-state index in [9.17, 15) is 0 Å². The van der Waals surface area contributed by atoms with Crippen LogP contribution in [0.1, 0.15) is 74.1 Å². The van der Waals surface area contributed by atoms with Gasteiger partial charge in [-0.3, -0.25) is 0 Å². The summed E-state index contributed by atoms with van der Waals surface area (Å²) in [6.45, 7) is 6.95. The smallest absolute Gasteiger partial charge is 0.0539 e. The summed E-state index contributed by atoms with van der Waals surface area (Å²) in [5, 5.41) is 0.625. The molecule has 3 unspecified atom stereocenters. The second-order valence-electron chi connectivity index (χ2n) is 13.2. The molecule has 2 heteroatoms. The normalized spacial score (nSPS) is 23.3. The molecule has 1 heterocycles. The lowest BCUT2D eigenvalue weighted by Crippen LogP contribution is -2.26. The summed E-state index contributed by atoms with van der Waals surface area (Å²) in [6, 6.07) is 34.3. The van der Waals surface area contributed by atoms with E-state index in [-0.39, 0.29) is 5.41 Å². The summed E-state index contributed by atoms with van der Waals surface area (Å²) >= 11 is 2.13. The number of hydrogen-bond donors (Lipinski definition) is 0. The van der Waals surface area contributed by atoms with E-state index < -0.39 is 0 Å². The van der Waals surface area contributed by atoms with E-state index in [1.165, 1.54) is 69.0 Å². The molecule has 3 atom stereocenters. The van der Waals surface area contributed by atoms with Gasteiger partial charge in [0.05, 0.1) is 5.69 Å². The molecule has 210 valence electrons. The van der Waals surface area contributed by atoms with Crippen molar-refractivity contribution in [1.29, 1.82) is 0 Å². The molecule has 42 heavy (non-hydrogen) atoms. The topological polar surface area (TPSA) is 3.24 Å². The Labute approximate surface area is 255 Å². The maximum atomic E-state index is 2.62. The van der Waals surface area contributed by atoms with Crippen LogP contribution in [0.3, 0.4) is 0 Å². The molecule has 4 aromatic carbocycles. The van der Waals surface area contributed by atoms with E-state index >= 15 is 0 Å². The van der Waals surface area contributed by atoms with Gasteiger partial charge in [0.25, 0.3) is 0 Å². The van der Waals surface area contributed by atoms with Crippen LogP contribution in [-0.4, -0.2) is 5.25 Å². The highest BCUT2D eigenvalue weighted by Gasteiger charge is 2.41. The zero-order valence-corrected chi connectivity index (χ0v) is 25.8. The Morgan fingerprint density at radius 1 is 0.786 bits per heavy atom. The Bertz CT molecular complexity index is 1740. The number of benzene rings is 4. The minimum Gasteiger partial charge on any atom is -0.314 e. The van der Waals surface area contributed by atoms with Gasteiger partial charge in [-0.05, 0) is 91.5 Å². The molecule has 0 aromatic heterocycles. The van der Waals surface area contributed by atoms with Crippen molar-refractivity contribution in [2.45, 2.75) is 74.4 Å². The standard InChI is InChI=1S/C40H39NS/c1-26-18-22-28(23-19-26)41(36-16-9-15-35-38(36)33-11-4-6-14-34(33)40(35,2)3)29-24-20-27(21-25-29)30-12-8-13-32-31-10-5-7-17-37(31)42-39(30)32/h4-7,9-12,14-19,22-24,27,32,39H,8,13,20-21,25H2,1-3H3. The van der Waals surface area contributed by atoms with E-state index in [4.69, 9.17) is 0 Å². The Hall–Kier alpha value is -3.49. The van der Waals surface area contributed by atoms with Crippen molar-refractivity contribution < 1.29 is 0 Å². The second kappa shape index (κ2) is 10.1. The molecule has 0 bridgehead atoms. The van der Waals surface area contributed by atoms with E-state index in [0.717, 1.165) is 12.8 Å². The fourth-order valence-electron chi connectivity index (χ4n) is 8.23. The van der Waals surface area contributed by atoms with Gasteiger partial charge in [0, 0.05) is 38.4 Å². The van der Waals surface area contributed by atoms with Crippen LogP contribution in [-0.2, 0) is 5.41 Å². The molecule has 8 rings (SSSR count). The molecular formula is C40H39NS. The van der Waals surface area contributed by atoms with Gasteiger partial charge >= 0.3 is 0 Å². The number of nitrogens with zero attached hydrogens (tertiary/aromatic N) is 1. The number of anilines is 2. The quantitative estimate of drug-likeness (QED) is 0.226. The molecule has 0 radical (unpaired) electrons. The minimum absolute atomic E-state index is 0.00650. The largest absolute Gasteiger partial charge is 0.314 e. The van der Waals surface area contributed by atoms with Crippen molar-refractivity contribution in [3.63, 3.8) is 0 Å². The first kappa shape index (κ1) is 26.2. The van der Waals surface area contributed by atoms with Crippen LogP contribution in [0.4, 0.5) is 11.4 Å². The highest BCUT2D eigenvalue weighted by Crippen LogP contribution is 2.56. The zero-order chi connectivity index (χ0) is 28.4. The minimum atomic E-state index is -0.00650. The number of hydrogen-bond acceptors (Lipinski definition) is 2. The number of fused-ring (bicyclic) bond motifs is 6. The van der Waals surface area contributed by atoms with Gasteiger partial charge in [-0.1, -0.05) is 104 Å². The maximum Gasteiger partial charge on any atom is 0.0539 e. The summed E-state index contributed by atoms with van der Waals surface area (Å²) in [6.07, 6.45) is 11.2. The van der Waals surface area contributed by atoms with Gasteiger partial charge in [-0.2, -0.15) is 0 Å².